The molecule has 0 fully saturated rings. The summed E-state index contributed by atoms with van der Waals surface area (Å²) in [7, 11) is 1.53. The van der Waals surface area contributed by atoms with E-state index in [0.717, 1.165) is 0 Å². The van der Waals surface area contributed by atoms with E-state index < -0.39 is 5.41 Å². The van der Waals surface area contributed by atoms with E-state index in [9.17, 15) is 4.79 Å². The lowest BCUT2D eigenvalue weighted by Gasteiger charge is -2.20. The highest BCUT2D eigenvalue weighted by molar-refractivity contribution is 6.55. The van der Waals surface area contributed by atoms with Gasteiger partial charge in [-0.25, -0.2) is 0 Å². The van der Waals surface area contributed by atoms with Crippen molar-refractivity contribution in [1.82, 2.24) is 0 Å². The number of hydrogen-bond donors (Lipinski definition) is 1. The molecule has 1 aromatic carbocycles. The molecule has 0 atom stereocenters. The number of benzene rings is 1. The zero-order valence-corrected chi connectivity index (χ0v) is 10.5. The molecular weight excluding hydrogens is 242 g/mol. The standard InChI is InChI=1S/C12H12ClNO3/c1-12(2)9-7(17-3)5-4-6(13)8(9)10(15)11(12)14-16/h4-5,16H,1-3H3/b14-11+. The number of ether oxygens (including phenoxy) is 1. The summed E-state index contributed by atoms with van der Waals surface area (Å²) < 4.78 is 5.24. The van der Waals surface area contributed by atoms with E-state index in [-0.39, 0.29) is 11.5 Å². The lowest BCUT2D eigenvalue weighted by atomic mass is 9.84. The summed E-state index contributed by atoms with van der Waals surface area (Å²) in [6.45, 7) is 3.59. The molecule has 0 saturated heterocycles. The molecule has 0 aromatic heterocycles. The van der Waals surface area contributed by atoms with Gasteiger partial charge in [0.2, 0.25) is 5.78 Å². The number of oxime groups is 1. The van der Waals surface area contributed by atoms with Crippen LogP contribution in [0.2, 0.25) is 5.02 Å². The largest absolute Gasteiger partial charge is 0.496 e. The number of fused-ring (bicyclic) bond motifs is 1. The Labute approximate surface area is 104 Å². The molecule has 1 aliphatic carbocycles. The van der Waals surface area contributed by atoms with Crippen molar-refractivity contribution in [2.45, 2.75) is 19.3 Å². The maximum absolute atomic E-state index is 12.1. The van der Waals surface area contributed by atoms with Gasteiger partial charge in [0.05, 0.1) is 17.7 Å². The predicted molar refractivity (Wildman–Crippen MR) is 64.6 cm³/mol. The average molecular weight is 254 g/mol. The molecule has 0 radical (unpaired) electrons. The van der Waals surface area contributed by atoms with Crippen molar-refractivity contribution in [2.75, 3.05) is 7.11 Å². The molecule has 1 N–H and O–H groups in total. The summed E-state index contributed by atoms with van der Waals surface area (Å²) in [4.78, 5) is 12.1. The third kappa shape index (κ3) is 1.44. The first-order valence-electron chi connectivity index (χ1n) is 5.09. The fraction of sp³-hybridized carbons (Fsp3) is 0.333. The van der Waals surface area contributed by atoms with E-state index in [4.69, 9.17) is 21.5 Å². The minimum absolute atomic E-state index is 0.0823. The van der Waals surface area contributed by atoms with Gasteiger partial charge in [-0.1, -0.05) is 16.8 Å². The molecule has 0 aliphatic heterocycles. The quantitative estimate of drug-likeness (QED) is 0.618. The minimum Gasteiger partial charge on any atom is -0.496 e. The summed E-state index contributed by atoms with van der Waals surface area (Å²) >= 11 is 6.03. The zero-order chi connectivity index (χ0) is 12.8. The molecule has 0 spiro atoms. The minimum atomic E-state index is -0.711. The number of Topliss-reactive ketones (excluding diaryl/α,β-unsaturated/α-hetero) is 1. The average Bonchev–Trinajstić information content (AvgIpc) is 2.48. The molecule has 0 saturated carbocycles. The van der Waals surface area contributed by atoms with E-state index in [2.05, 4.69) is 5.16 Å². The molecule has 5 heteroatoms. The highest BCUT2D eigenvalue weighted by Gasteiger charge is 2.46. The maximum atomic E-state index is 12.1. The van der Waals surface area contributed by atoms with Crippen LogP contribution in [0.1, 0.15) is 29.8 Å². The number of methoxy groups -OCH3 is 1. The van der Waals surface area contributed by atoms with E-state index in [0.29, 0.717) is 21.9 Å². The highest BCUT2D eigenvalue weighted by atomic mass is 35.5. The van der Waals surface area contributed by atoms with Crippen LogP contribution in [0.3, 0.4) is 0 Å². The maximum Gasteiger partial charge on any atom is 0.213 e. The number of carbonyl (C=O) groups excluding carboxylic acids is 1. The molecule has 0 bridgehead atoms. The number of ketones is 1. The van der Waals surface area contributed by atoms with E-state index >= 15 is 0 Å². The molecule has 1 aliphatic rings. The van der Waals surface area contributed by atoms with Crippen molar-refractivity contribution in [3.05, 3.63) is 28.3 Å². The number of carbonyl (C=O) groups is 1. The Bertz CT molecular complexity index is 535. The van der Waals surface area contributed by atoms with Crippen LogP contribution in [0, 0.1) is 0 Å². The Morgan fingerprint density at radius 3 is 2.59 bits per heavy atom. The van der Waals surface area contributed by atoms with Crippen molar-refractivity contribution < 1.29 is 14.7 Å². The van der Waals surface area contributed by atoms with Crippen molar-refractivity contribution in [3.63, 3.8) is 0 Å². The van der Waals surface area contributed by atoms with E-state index in [1.165, 1.54) is 7.11 Å². The first-order valence-corrected chi connectivity index (χ1v) is 5.47. The Balaban J connectivity index is 2.85. The summed E-state index contributed by atoms with van der Waals surface area (Å²) in [5.74, 6) is 0.220. The van der Waals surface area contributed by atoms with Crippen molar-refractivity contribution in [3.8, 4) is 5.75 Å². The Morgan fingerprint density at radius 2 is 2.06 bits per heavy atom. The van der Waals surface area contributed by atoms with Crippen molar-refractivity contribution >= 4 is 23.1 Å². The van der Waals surface area contributed by atoms with Gasteiger partial charge in [-0.2, -0.15) is 0 Å². The second-order valence-electron chi connectivity index (χ2n) is 4.40. The van der Waals surface area contributed by atoms with Gasteiger partial charge in [-0.05, 0) is 26.0 Å². The predicted octanol–water partition coefficient (Wildman–Crippen LogP) is 2.65. The van der Waals surface area contributed by atoms with Gasteiger partial charge in [0.15, 0.2) is 0 Å². The first-order chi connectivity index (χ1) is 7.95. The lowest BCUT2D eigenvalue weighted by Crippen LogP contribution is -2.27. The fourth-order valence-electron chi connectivity index (χ4n) is 2.26. The van der Waals surface area contributed by atoms with Gasteiger partial charge in [0, 0.05) is 11.0 Å². The van der Waals surface area contributed by atoms with Gasteiger partial charge < -0.3 is 9.94 Å². The molecule has 17 heavy (non-hydrogen) atoms. The molecule has 4 nitrogen and oxygen atoms in total. The van der Waals surface area contributed by atoms with Crippen molar-refractivity contribution in [2.24, 2.45) is 5.16 Å². The van der Waals surface area contributed by atoms with Crippen LogP contribution < -0.4 is 4.74 Å². The monoisotopic (exact) mass is 253 g/mol. The summed E-state index contributed by atoms with van der Waals surface area (Å²) in [6, 6.07) is 3.31. The van der Waals surface area contributed by atoms with Gasteiger partial charge in [-0.15, -0.1) is 0 Å². The van der Waals surface area contributed by atoms with Gasteiger partial charge >= 0.3 is 0 Å². The molecule has 2 rings (SSSR count). The summed E-state index contributed by atoms with van der Waals surface area (Å²) in [6.07, 6.45) is 0. The van der Waals surface area contributed by atoms with E-state index in [1.54, 1.807) is 26.0 Å². The molecule has 1 aromatic rings. The number of halogens is 1. The van der Waals surface area contributed by atoms with E-state index in [1.807, 2.05) is 0 Å². The number of hydrogen-bond acceptors (Lipinski definition) is 4. The summed E-state index contributed by atoms with van der Waals surface area (Å²) in [5.41, 5.74) is 0.408. The normalized spacial score (nSPS) is 19.5. The SMILES string of the molecule is COc1ccc(Cl)c2c1C(C)(C)/C(=N/O)C2=O. The molecule has 90 valence electrons. The van der Waals surface area contributed by atoms with Gasteiger partial charge in [0.25, 0.3) is 0 Å². The molecule has 0 heterocycles. The number of nitrogens with zero attached hydrogens (tertiary/aromatic N) is 1. The third-order valence-electron chi connectivity index (χ3n) is 3.10. The number of rotatable bonds is 1. The fourth-order valence-corrected chi connectivity index (χ4v) is 2.51. The summed E-state index contributed by atoms with van der Waals surface area (Å²) in [5, 5.41) is 12.4. The molecule has 0 amide bonds. The van der Waals surface area contributed by atoms with Crippen molar-refractivity contribution in [1.29, 1.82) is 0 Å². The molecule has 0 unspecified atom stereocenters. The second kappa shape index (κ2) is 3.74. The highest BCUT2D eigenvalue weighted by Crippen LogP contribution is 2.44. The van der Waals surface area contributed by atoms with Crippen LogP contribution in [0.5, 0.6) is 5.75 Å². The topological polar surface area (TPSA) is 58.9 Å². The van der Waals surface area contributed by atoms with Crippen LogP contribution in [-0.2, 0) is 5.41 Å². The van der Waals surface area contributed by atoms with Gasteiger partial charge in [-0.3, -0.25) is 4.79 Å². The smallest absolute Gasteiger partial charge is 0.213 e. The Morgan fingerprint density at radius 1 is 1.41 bits per heavy atom. The first kappa shape index (κ1) is 11.9. The van der Waals surface area contributed by atoms with Gasteiger partial charge in [0.1, 0.15) is 11.5 Å². The van der Waals surface area contributed by atoms with Crippen LogP contribution >= 0.6 is 11.6 Å². The van der Waals surface area contributed by atoms with Crippen LogP contribution in [0.25, 0.3) is 0 Å². The Kier molecular flexibility index (Phi) is 2.62. The van der Waals surface area contributed by atoms with Crippen LogP contribution in [0.4, 0.5) is 0 Å². The second-order valence-corrected chi connectivity index (χ2v) is 4.81. The van der Waals surface area contributed by atoms with Crippen LogP contribution in [0.15, 0.2) is 17.3 Å². The van der Waals surface area contributed by atoms with Crippen LogP contribution in [-0.4, -0.2) is 23.8 Å². The lowest BCUT2D eigenvalue weighted by molar-refractivity contribution is 0.106. The molecular formula is C12H12ClNO3. The zero-order valence-electron chi connectivity index (χ0n) is 9.74. The Hall–Kier alpha value is -1.55. The third-order valence-corrected chi connectivity index (χ3v) is 3.41.